The Morgan fingerprint density at radius 3 is 2.00 bits per heavy atom. The maximum absolute atomic E-state index is 12.8. The van der Waals surface area contributed by atoms with Crippen molar-refractivity contribution in [3.63, 3.8) is 0 Å². The summed E-state index contributed by atoms with van der Waals surface area (Å²) in [6.45, 7) is -0.960. The molecular weight excluding hydrogens is 260 g/mol. The lowest BCUT2D eigenvalue weighted by molar-refractivity contribution is -0.113. The lowest BCUT2D eigenvalue weighted by atomic mass is 10.0. The second-order valence-electron chi connectivity index (χ2n) is 4.96. The highest BCUT2D eigenvalue weighted by molar-refractivity contribution is 5.95. The lowest BCUT2D eigenvalue weighted by Crippen LogP contribution is -2.58. The molecule has 1 fully saturated rings. The van der Waals surface area contributed by atoms with Gasteiger partial charge in [-0.25, -0.2) is 8.78 Å². The minimum absolute atomic E-state index is 0.337. The summed E-state index contributed by atoms with van der Waals surface area (Å²) in [5.41, 5.74) is 2.50. The smallest absolute Gasteiger partial charge is 0.282 e. The van der Waals surface area contributed by atoms with Crippen molar-refractivity contribution in [3.8, 4) is 11.1 Å². The normalized spacial score (nSPS) is 16.6. The van der Waals surface area contributed by atoms with E-state index in [2.05, 4.69) is 0 Å². The molecule has 3 rings (SSSR count). The predicted octanol–water partition coefficient (Wildman–Crippen LogP) is 3.44. The average molecular weight is 273 g/mol. The lowest BCUT2D eigenvalue weighted by Gasteiger charge is -2.38. The maximum atomic E-state index is 12.8. The number of hydrogen-bond acceptors (Lipinski definition) is 1. The molecule has 2 aromatic rings. The number of amides is 1. The molecule has 1 aliphatic rings. The predicted molar refractivity (Wildman–Crippen MR) is 72.7 cm³/mol. The largest absolute Gasteiger partial charge is 0.326 e. The van der Waals surface area contributed by atoms with Crippen LogP contribution >= 0.6 is 0 Å². The molecular formula is C16H13F2NO. The monoisotopic (exact) mass is 273 g/mol. The zero-order valence-corrected chi connectivity index (χ0v) is 10.7. The van der Waals surface area contributed by atoms with Gasteiger partial charge in [-0.1, -0.05) is 42.5 Å². The number of halogens is 2. The van der Waals surface area contributed by atoms with Crippen LogP contribution in [0, 0.1) is 0 Å². The minimum Gasteiger partial charge on any atom is -0.326 e. The fourth-order valence-corrected chi connectivity index (χ4v) is 2.27. The van der Waals surface area contributed by atoms with E-state index >= 15 is 0 Å². The van der Waals surface area contributed by atoms with Gasteiger partial charge in [-0.15, -0.1) is 0 Å². The van der Waals surface area contributed by atoms with Gasteiger partial charge in [0.05, 0.1) is 13.1 Å². The second kappa shape index (κ2) is 4.71. The van der Waals surface area contributed by atoms with Gasteiger partial charge in [-0.3, -0.25) is 4.79 Å². The Kier molecular flexibility index (Phi) is 3.01. The summed E-state index contributed by atoms with van der Waals surface area (Å²) in [5.74, 6) is -3.06. The quantitative estimate of drug-likeness (QED) is 0.820. The number of nitrogens with zero attached hydrogens (tertiary/aromatic N) is 1. The van der Waals surface area contributed by atoms with E-state index in [0.717, 1.165) is 16.0 Å². The zero-order valence-electron chi connectivity index (χ0n) is 10.7. The molecule has 0 atom stereocenters. The molecule has 1 aliphatic heterocycles. The first-order chi connectivity index (χ1) is 9.55. The summed E-state index contributed by atoms with van der Waals surface area (Å²) in [6, 6.07) is 16.8. The van der Waals surface area contributed by atoms with Crippen molar-refractivity contribution in [2.24, 2.45) is 0 Å². The van der Waals surface area contributed by atoms with E-state index in [9.17, 15) is 13.6 Å². The minimum atomic E-state index is -2.72. The third-order valence-electron chi connectivity index (χ3n) is 3.37. The van der Waals surface area contributed by atoms with Gasteiger partial charge < -0.3 is 4.90 Å². The zero-order chi connectivity index (χ0) is 14.2. The van der Waals surface area contributed by atoms with E-state index in [1.54, 1.807) is 12.1 Å². The highest BCUT2D eigenvalue weighted by Gasteiger charge is 2.46. The Labute approximate surface area is 115 Å². The van der Waals surface area contributed by atoms with Crippen molar-refractivity contribution in [1.82, 2.24) is 4.90 Å². The van der Waals surface area contributed by atoms with Crippen LogP contribution < -0.4 is 0 Å². The van der Waals surface area contributed by atoms with Crippen molar-refractivity contribution < 1.29 is 13.6 Å². The third kappa shape index (κ3) is 2.41. The molecule has 4 heteroatoms. The van der Waals surface area contributed by atoms with Gasteiger partial charge in [0.1, 0.15) is 0 Å². The van der Waals surface area contributed by atoms with Gasteiger partial charge in [0, 0.05) is 5.56 Å². The van der Waals surface area contributed by atoms with E-state index in [0.29, 0.717) is 5.56 Å². The molecule has 2 aromatic carbocycles. The average Bonchev–Trinajstić information content (AvgIpc) is 2.45. The second-order valence-corrected chi connectivity index (χ2v) is 4.96. The molecule has 20 heavy (non-hydrogen) atoms. The highest BCUT2D eigenvalue weighted by Crippen LogP contribution is 2.28. The van der Waals surface area contributed by atoms with Crippen molar-refractivity contribution in [3.05, 3.63) is 60.2 Å². The Bertz CT molecular complexity index is 615. The molecule has 102 valence electrons. The van der Waals surface area contributed by atoms with Crippen LogP contribution in [-0.2, 0) is 0 Å². The standard InChI is InChI=1S/C16H13F2NO/c17-16(18)10-19(11-16)15(20)14-8-6-13(7-9-14)12-4-2-1-3-5-12/h1-9H,10-11H2. The van der Waals surface area contributed by atoms with Crippen LogP contribution in [-0.4, -0.2) is 29.8 Å². The van der Waals surface area contributed by atoms with E-state index < -0.39 is 19.0 Å². The molecule has 1 heterocycles. The molecule has 1 saturated heterocycles. The molecule has 0 saturated carbocycles. The Morgan fingerprint density at radius 2 is 1.45 bits per heavy atom. The van der Waals surface area contributed by atoms with Crippen LogP contribution in [0.2, 0.25) is 0 Å². The topological polar surface area (TPSA) is 20.3 Å². The molecule has 0 N–H and O–H groups in total. The van der Waals surface area contributed by atoms with Crippen LogP contribution in [0.15, 0.2) is 54.6 Å². The molecule has 0 spiro atoms. The fraction of sp³-hybridized carbons (Fsp3) is 0.188. The summed E-state index contributed by atoms with van der Waals surface area (Å²) in [7, 11) is 0. The van der Waals surface area contributed by atoms with Gasteiger partial charge in [-0.2, -0.15) is 0 Å². The molecule has 2 nitrogen and oxygen atoms in total. The Hall–Kier alpha value is -2.23. The number of carbonyl (C=O) groups is 1. The molecule has 0 aliphatic carbocycles. The number of rotatable bonds is 2. The Balaban J connectivity index is 1.75. The van der Waals surface area contributed by atoms with Gasteiger partial charge >= 0.3 is 0 Å². The van der Waals surface area contributed by atoms with Crippen molar-refractivity contribution >= 4 is 5.91 Å². The van der Waals surface area contributed by atoms with Gasteiger partial charge in [-0.05, 0) is 23.3 Å². The van der Waals surface area contributed by atoms with Crippen LogP contribution in [0.4, 0.5) is 8.78 Å². The number of benzene rings is 2. The summed E-state index contributed by atoms with van der Waals surface area (Å²) in [5, 5.41) is 0. The van der Waals surface area contributed by atoms with Crippen LogP contribution in [0.25, 0.3) is 11.1 Å². The Morgan fingerprint density at radius 1 is 0.900 bits per heavy atom. The summed E-state index contributed by atoms with van der Waals surface area (Å²) in [4.78, 5) is 13.1. The highest BCUT2D eigenvalue weighted by atomic mass is 19.3. The number of carbonyl (C=O) groups excluding carboxylic acids is 1. The third-order valence-corrected chi connectivity index (χ3v) is 3.37. The molecule has 0 unspecified atom stereocenters. The molecule has 1 amide bonds. The van der Waals surface area contributed by atoms with Crippen LogP contribution in [0.3, 0.4) is 0 Å². The number of hydrogen-bond donors (Lipinski definition) is 0. The fourth-order valence-electron chi connectivity index (χ4n) is 2.27. The SMILES string of the molecule is O=C(c1ccc(-c2ccccc2)cc1)N1CC(F)(F)C1. The molecule has 0 radical (unpaired) electrons. The maximum Gasteiger partial charge on any atom is 0.282 e. The molecule has 0 bridgehead atoms. The van der Waals surface area contributed by atoms with E-state index in [1.807, 2.05) is 42.5 Å². The first-order valence-electron chi connectivity index (χ1n) is 6.38. The summed E-state index contributed by atoms with van der Waals surface area (Å²) in [6.07, 6.45) is 0. The van der Waals surface area contributed by atoms with Crippen LogP contribution in [0.5, 0.6) is 0 Å². The van der Waals surface area contributed by atoms with Crippen LogP contribution in [0.1, 0.15) is 10.4 Å². The summed E-state index contributed by atoms with van der Waals surface area (Å²) >= 11 is 0. The molecule has 0 aromatic heterocycles. The van der Waals surface area contributed by atoms with E-state index in [1.165, 1.54) is 0 Å². The van der Waals surface area contributed by atoms with E-state index in [-0.39, 0.29) is 5.91 Å². The number of likely N-dealkylation sites (tertiary alicyclic amines) is 1. The first-order valence-corrected chi connectivity index (χ1v) is 6.38. The van der Waals surface area contributed by atoms with Gasteiger partial charge in [0.25, 0.3) is 11.8 Å². The van der Waals surface area contributed by atoms with Crippen molar-refractivity contribution in [1.29, 1.82) is 0 Å². The number of alkyl halides is 2. The van der Waals surface area contributed by atoms with E-state index in [4.69, 9.17) is 0 Å². The van der Waals surface area contributed by atoms with Crippen molar-refractivity contribution in [2.75, 3.05) is 13.1 Å². The van der Waals surface area contributed by atoms with Gasteiger partial charge in [0.15, 0.2) is 0 Å². The van der Waals surface area contributed by atoms with Gasteiger partial charge in [0.2, 0.25) is 0 Å². The van der Waals surface area contributed by atoms with Crippen molar-refractivity contribution in [2.45, 2.75) is 5.92 Å². The summed E-state index contributed by atoms with van der Waals surface area (Å²) < 4.78 is 25.5. The first kappa shape index (κ1) is 12.8.